The van der Waals surface area contributed by atoms with Crippen LogP contribution in [0.5, 0.6) is 11.5 Å². The summed E-state index contributed by atoms with van der Waals surface area (Å²) in [7, 11) is 2.90. The summed E-state index contributed by atoms with van der Waals surface area (Å²) in [5.41, 5.74) is 1.48. The SMILES string of the molecule is COc1ccc2c(c1OC)C(=O)O[C@H]2CC(=O)Nc1ccc2occc(=O)c2c1. The molecule has 1 amide bonds. The van der Waals surface area contributed by atoms with Gasteiger partial charge in [-0.15, -0.1) is 0 Å². The lowest BCUT2D eigenvalue weighted by atomic mass is 10.0. The first-order chi connectivity index (χ1) is 14.0. The minimum atomic E-state index is -0.747. The fourth-order valence-corrected chi connectivity index (χ4v) is 3.37. The van der Waals surface area contributed by atoms with Gasteiger partial charge in [-0.2, -0.15) is 0 Å². The van der Waals surface area contributed by atoms with Crippen LogP contribution in [0.15, 0.2) is 51.9 Å². The number of hydrogen-bond acceptors (Lipinski definition) is 7. The molecule has 2 aromatic carbocycles. The fraction of sp³-hybridized carbons (Fsp3) is 0.190. The maximum atomic E-state index is 12.5. The number of methoxy groups -OCH3 is 2. The van der Waals surface area contributed by atoms with E-state index in [-0.39, 0.29) is 29.1 Å². The van der Waals surface area contributed by atoms with E-state index in [1.807, 2.05) is 0 Å². The summed E-state index contributed by atoms with van der Waals surface area (Å²) in [4.78, 5) is 36.8. The Morgan fingerprint density at radius 1 is 1.10 bits per heavy atom. The van der Waals surface area contributed by atoms with Crippen LogP contribution in [0.3, 0.4) is 0 Å². The number of carbonyl (C=O) groups is 2. The largest absolute Gasteiger partial charge is 0.493 e. The molecule has 1 N–H and O–H groups in total. The number of benzene rings is 2. The number of rotatable bonds is 5. The van der Waals surface area contributed by atoms with Gasteiger partial charge < -0.3 is 23.9 Å². The van der Waals surface area contributed by atoms with E-state index in [2.05, 4.69) is 5.32 Å². The Bertz CT molecular complexity index is 1180. The van der Waals surface area contributed by atoms with E-state index in [4.69, 9.17) is 18.6 Å². The van der Waals surface area contributed by atoms with Crippen LogP contribution in [0.2, 0.25) is 0 Å². The zero-order valence-electron chi connectivity index (χ0n) is 15.7. The summed E-state index contributed by atoms with van der Waals surface area (Å²) in [5.74, 6) is -0.260. The lowest BCUT2D eigenvalue weighted by Gasteiger charge is -2.12. The highest BCUT2D eigenvalue weighted by Gasteiger charge is 2.36. The molecule has 0 spiro atoms. The van der Waals surface area contributed by atoms with Gasteiger partial charge in [-0.05, 0) is 24.3 Å². The maximum absolute atomic E-state index is 12.5. The van der Waals surface area contributed by atoms with Crippen LogP contribution in [0.25, 0.3) is 11.0 Å². The van der Waals surface area contributed by atoms with Crippen molar-refractivity contribution >= 4 is 28.5 Å². The Labute approximate surface area is 165 Å². The number of nitrogens with one attached hydrogen (secondary N) is 1. The summed E-state index contributed by atoms with van der Waals surface area (Å²) < 4.78 is 21.1. The number of cyclic esters (lactones) is 1. The maximum Gasteiger partial charge on any atom is 0.343 e. The predicted molar refractivity (Wildman–Crippen MR) is 103 cm³/mol. The summed E-state index contributed by atoms with van der Waals surface area (Å²) in [5, 5.41) is 3.08. The molecule has 0 bridgehead atoms. The third kappa shape index (κ3) is 3.29. The molecule has 0 saturated carbocycles. The van der Waals surface area contributed by atoms with E-state index < -0.39 is 12.1 Å². The first-order valence-electron chi connectivity index (χ1n) is 8.79. The van der Waals surface area contributed by atoms with Crippen molar-refractivity contribution in [3.8, 4) is 11.5 Å². The van der Waals surface area contributed by atoms with E-state index >= 15 is 0 Å². The topological polar surface area (TPSA) is 104 Å². The Balaban J connectivity index is 1.56. The van der Waals surface area contributed by atoms with E-state index in [1.54, 1.807) is 30.3 Å². The number of fused-ring (bicyclic) bond motifs is 2. The summed E-state index contributed by atoms with van der Waals surface area (Å²) in [6.45, 7) is 0. The van der Waals surface area contributed by atoms with Gasteiger partial charge in [0.2, 0.25) is 5.91 Å². The van der Waals surface area contributed by atoms with Crippen molar-refractivity contribution in [1.82, 2.24) is 0 Å². The van der Waals surface area contributed by atoms with Crippen LogP contribution in [-0.4, -0.2) is 26.1 Å². The van der Waals surface area contributed by atoms with E-state index in [1.165, 1.54) is 26.5 Å². The van der Waals surface area contributed by atoms with Crippen LogP contribution < -0.4 is 20.2 Å². The summed E-state index contributed by atoms with van der Waals surface area (Å²) in [6.07, 6.45) is 0.483. The third-order valence-corrected chi connectivity index (χ3v) is 4.69. The first-order valence-corrected chi connectivity index (χ1v) is 8.79. The fourth-order valence-electron chi connectivity index (χ4n) is 3.37. The average Bonchev–Trinajstić information content (AvgIpc) is 3.03. The van der Waals surface area contributed by atoms with Crippen molar-refractivity contribution < 1.29 is 28.2 Å². The molecule has 8 heteroatoms. The quantitative estimate of drug-likeness (QED) is 0.662. The molecule has 1 atom stereocenters. The van der Waals surface area contributed by atoms with Gasteiger partial charge in [0.15, 0.2) is 16.9 Å². The zero-order chi connectivity index (χ0) is 20.5. The Kier molecular flexibility index (Phi) is 4.67. The van der Waals surface area contributed by atoms with Crippen molar-refractivity contribution in [2.24, 2.45) is 0 Å². The molecule has 0 fully saturated rings. The number of anilines is 1. The smallest absolute Gasteiger partial charge is 0.343 e. The van der Waals surface area contributed by atoms with Crippen molar-refractivity contribution in [3.63, 3.8) is 0 Å². The second-order valence-corrected chi connectivity index (χ2v) is 6.41. The molecule has 1 aliphatic heterocycles. The standard InChI is InChI=1S/C21H17NO7/c1-26-16-6-4-12-17(29-21(25)19(12)20(16)27-2)10-18(24)22-11-3-5-15-13(9-11)14(23)7-8-28-15/h3-9,17H,10H2,1-2H3,(H,22,24)/t17-/m0/s1. The molecular formula is C21H17NO7. The second-order valence-electron chi connectivity index (χ2n) is 6.41. The van der Waals surface area contributed by atoms with E-state index in [0.29, 0.717) is 28.0 Å². The number of carbonyl (C=O) groups excluding carboxylic acids is 2. The molecule has 1 aromatic heterocycles. The molecule has 0 aliphatic carbocycles. The highest BCUT2D eigenvalue weighted by molar-refractivity contribution is 5.99. The van der Waals surface area contributed by atoms with Crippen LogP contribution in [0.4, 0.5) is 5.69 Å². The average molecular weight is 395 g/mol. The van der Waals surface area contributed by atoms with Crippen molar-refractivity contribution in [1.29, 1.82) is 0 Å². The molecule has 1 aliphatic rings. The molecule has 0 saturated heterocycles. The monoisotopic (exact) mass is 395 g/mol. The molecule has 0 unspecified atom stereocenters. The van der Waals surface area contributed by atoms with Gasteiger partial charge in [0.25, 0.3) is 0 Å². The predicted octanol–water partition coefficient (Wildman–Crippen LogP) is 3.05. The van der Waals surface area contributed by atoms with Crippen molar-refractivity contribution in [3.05, 3.63) is 64.0 Å². The normalized spacial score (nSPS) is 15.0. The molecule has 8 nitrogen and oxygen atoms in total. The van der Waals surface area contributed by atoms with Gasteiger partial charge >= 0.3 is 5.97 Å². The van der Waals surface area contributed by atoms with Gasteiger partial charge in [-0.1, -0.05) is 6.07 Å². The van der Waals surface area contributed by atoms with Gasteiger partial charge in [0.05, 0.1) is 32.3 Å². The number of ether oxygens (including phenoxy) is 3. The minimum Gasteiger partial charge on any atom is -0.493 e. The van der Waals surface area contributed by atoms with E-state index in [0.717, 1.165) is 0 Å². The molecule has 29 heavy (non-hydrogen) atoms. The highest BCUT2D eigenvalue weighted by Crippen LogP contribution is 2.43. The zero-order valence-corrected chi connectivity index (χ0v) is 15.7. The number of hydrogen-bond donors (Lipinski definition) is 1. The Morgan fingerprint density at radius 2 is 1.93 bits per heavy atom. The summed E-state index contributed by atoms with van der Waals surface area (Å²) in [6, 6.07) is 9.43. The van der Waals surface area contributed by atoms with E-state index in [9.17, 15) is 14.4 Å². The summed E-state index contributed by atoms with van der Waals surface area (Å²) >= 11 is 0. The minimum absolute atomic E-state index is 0.0876. The Morgan fingerprint density at radius 3 is 2.69 bits per heavy atom. The van der Waals surface area contributed by atoms with Gasteiger partial charge in [0, 0.05) is 17.3 Å². The molecule has 148 valence electrons. The Hall–Kier alpha value is -3.81. The van der Waals surface area contributed by atoms with Crippen molar-refractivity contribution in [2.45, 2.75) is 12.5 Å². The van der Waals surface area contributed by atoms with Gasteiger partial charge in [-0.3, -0.25) is 9.59 Å². The first kappa shape index (κ1) is 18.5. The molecule has 0 radical (unpaired) electrons. The molecule has 4 rings (SSSR count). The lowest BCUT2D eigenvalue weighted by Crippen LogP contribution is -2.16. The van der Waals surface area contributed by atoms with Gasteiger partial charge in [-0.25, -0.2) is 4.79 Å². The molecule has 2 heterocycles. The molecular weight excluding hydrogens is 378 g/mol. The van der Waals surface area contributed by atoms with Crippen molar-refractivity contribution in [2.75, 3.05) is 19.5 Å². The van der Waals surface area contributed by atoms with Crippen LogP contribution in [0, 0.1) is 0 Å². The molecule has 3 aromatic rings. The number of amides is 1. The second kappa shape index (κ2) is 7.31. The van der Waals surface area contributed by atoms with Gasteiger partial charge in [0.1, 0.15) is 17.3 Å². The lowest BCUT2D eigenvalue weighted by molar-refractivity contribution is -0.118. The van der Waals surface area contributed by atoms with Crippen LogP contribution in [0.1, 0.15) is 28.4 Å². The third-order valence-electron chi connectivity index (χ3n) is 4.69. The highest BCUT2D eigenvalue weighted by atomic mass is 16.6. The number of esters is 1. The van der Waals surface area contributed by atoms with Crippen LogP contribution in [-0.2, 0) is 9.53 Å². The van der Waals surface area contributed by atoms with Crippen LogP contribution >= 0.6 is 0 Å².